The maximum absolute atomic E-state index is 12.7. The minimum atomic E-state index is -0.343. The summed E-state index contributed by atoms with van der Waals surface area (Å²) in [5, 5.41) is 12.0. The molecule has 9 nitrogen and oxygen atoms in total. The molecule has 2 aromatic rings. The number of aromatic nitrogens is 2. The molecule has 10 heteroatoms. The number of hydrogen-bond donors (Lipinski definition) is 1. The number of carbonyl (C=O) groups excluding carboxylic acids is 2. The van der Waals surface area contributed by atoms with Gasteiger partial charge in [-0.05, 0) is 42.2 Å². The lowest BCUT2D eigenvalue weighted by atomic mass is 10.0. The van der Waals surface area contributed by atoms with Crippen molar-refractivity contribution < 1.29 is 23.8 Å². The van der Waals surface area contributed by atoms with E-state index in [1.807, 2.05) is 6.07 Å². The summed E-state index contributed by atoms with van der Waals surface area (Å²) in [7, 11) is 3.11. The number of nitrogens with zero attached hydrogens (tertiary/aromatic N) is 3. The van der Waals surface area contributed by atoms with E-state index in [2.05, 4.69) is 15.5 Å². The molecule has 3 heterocycles. The molecule has 1 aromatic heterocycles. The Morgan fingerprint density at radius 1 is 1.30 bits per heavy atom. The number of anilines is 1. The van der Waals surface area contributed by atoms with Crippen LogP contribution in [0.25, 0.3) is 6.08 Å². The van der Waals surface area contributed by atoms with E-state index in [1.165, 1.54) is 16.2 Å². The number of amides is 2. The second-order valence-corrected chi connectivity index (χ2v) is 7.92. The highest BCUT2D eigenvalue weighted by Crippen LogP contribution is 2.33. The average molecular weight is 430 g/mol. The third-order valence-electron chi connectivity index (χ3n) is 4.95. The fourth-order valence-electron chi connectivity index (χ4n) is 3.40. The van der Waals surface area contributed by atoms with E-state index in [0.29, 0.717) is 16.6 Å². The molecule has 1 atom stereocenters. The Balaban J connectivity index is 1.42. The molecule has 0 bridgehead atoms. The van der Waals surface area contributed by atoms with Gasteiger partial charge in [-0.1, -0.05) is 11.3 Å². The van der Waals surface area contributed by atoms with Gasteiger partial charge in [-0.2, -0.15) is 0 Å². The van der Waals surface area contributed by atoms with Gasteiger partial charge in [-0.15, -0.1) is 10.2 Å². The second kappa shape index (κ2) is 8.80. The molecular formula is C20H22N4O5S. The van der Waals surface area contributed by atoms with Crippen LogP contribution in [0.4, 0.5) is 5.13 Å². The molecule has 0 spiro atoms. The van der Waals surface area contributed by atoms with Crippen LogP contribution in [0.2, 0.25) is 0 Å². The van der Waals surface area contributed by atoms with Crippen LogP contribution >= 0.6 is 11.3 Å². The van der Waals surface area contributed by atoms with E-state index < -0.39 is 0 Å². The van der Waals surface area contributed by atoms with Gasteiger partial charge in [0.05, 0.1) is 20.6 Å². The predicted octanol–water partition coefficient (Wildman–Crippen LogP) is 2.40. The number of carbonyl (C=O) groups is 2. The van der Waals surface area contributed by atoms with Crippen LogP contribution in [0.3, 0.4) is 0 Å². The fourth-order valence-corrected chi connectivity index (χ4v) is 4.25. The normalized spacial score (nSPS) is 18.1. The van der Waals surface area contributed by atoms with E-state index in [-0.39, 0.29) is 30.9 Å². The minimum absolute atomic E-state index is 0.0456. The molecule has 2 aliphatic heterocycles. The van der Waals surface area contributed by atoms with E-state index in [9.17, 15) is 9.59 Å². The number of fused-ring (bicyclic) bond motifs is 1. The van der Waals surface area contributed by atoms with Crippen molar-refractivity contribution in [3.63, 3.8) is 0 Å². The highest BCUT2D eigenvalue weighted by molar-refractivity contribution is 7.15. The van der Waals surface area contributed by atoms with Crippen LogP contribution in [-0.2, 0) is 20.7 Å². The third-order valence-corrected chi connectivity index (χ3v) is 5.88. The predicted molar refractivity (Wildman–Crippen MR) is 110 cm³/mol. The number of methoxy groups -OCH3 is 2. The van der Waals surface area contributed by atoms with Crippen LogP contribution in [0.15, 0.2) is 18.3 Å². The standard InChI is InChI=1S/C20H22N4O5S/c1-27-15-8-12-5-6-24(18(26)10-13(12)9-16(15)28-2)11-17(25)21-20-23-22-19(30-20)14-4-3-7-29-14/h5-6,8-9,14H,3-4,7,10-11H2,1-2H3,(H,21,23,25). The van der Waals surface area contributed by atoms with Crippen molar-refractivity contribution in [2.75, 3.05) is 32.7 Å². The molecule has 2 aliphatic rings. The van der Waals surface area contributed by atoms with E-state index in [4.69, 9.17) is 14.2 Å². The zero-order valence-corrected chi connectivity index (χ0v) is 17.5. The van der Waals surface area contributed by atoms with Crippen molar-refractivity contribution in [1.29, 1.82) is 0 Å². The van der Waals surface area contributed by atoms with Crippen LogP contribution in [-0.4, -0.2) is 54.3 Å². The monoisotopic (exact) mass is 430 g/mol. The fraction of sp³-hybridized carbons (Fsp3) is 0.400. The molecule has 1 saturated heterocycles. The topological polar surface area (TPSA) is 103 Å². The first-order chi connectivity index (χ1) is 14.6. The lowest BCUT2D eigenvalue weighted by molar-refractivity contribution is -0.131. The molecule has 158 valence electrons. The highest BCUT2D eigenvalue weighted by atomic mass is 32.1. The first kappa shape index (κ1) is 20.3. The van der Waals surface area contributed by atoms with Crippen molar-refractivity contribution >= 4 is 34.4 Å². The summed E-state index contributed by atoms with van der Waals surface area (Å²) >= 11 is 1.29. The summed E-state index contributed by atoms with van der Waals surface area (Å²) in [6, 6.07) is 3.60. The van der Waals surface area contributed by atoms with Crippen LogP contribution in [0, 0.1) is 0 Å². The average Bonchev–Trinajstić information content (AvgIpc) is 3.40. The molecule has 0 aliphatic carbocycles. The highest BCUT2D eigenvalue weighted by Gasteiger charge is 2.24. The second-order valence-electron chi connectivity index (χ2n) is 6.92. The van der Waals surface area contributed by atoms with Gasteiger partial charge >= 0.3 is 0 Å². The van der Waals surface area contributed by atoms with Gasteiger partial charge in [-0.3, -0.25) is 14.9 Å². The van der Waals surface area contributed by atoms with Crippen LogP contribution in [0.1, 0.15) is 35.1 Å². The number of rotatable bonds is 6. The SMILES string of the molecule is COc1cc2c(cc1OC)CC(=O)N(CC(=O)Nc1nnc(C3CCCO3)s1)C=C2. The zero-order chi connectivity index (χ0) is 21.1. The lowest BCUT2D eigenvalue weighted by Crippen LogP contribution is -2.34. The maximum Gasteiger partial charge on any atom is 0.246 e. The number of nitrogens with one attached hydrogen (secondary N) is 1. The van der Waals surface area contributed by atoms with Crippen molar-refractivity contribution in [3.8, 4) is 11.5 Å². The summed E-state index contributed by atoms with van der Waals surface area (Å²) in [6.45, 7) is 0.599. The van der Waals surface area contributed by atoms with Gasteiger partial charge in [0.1, 0.15) is 17.7 Å². The quantitative estimate of drug-likeness (QED) is 0.751. The van der Waals surface area contributed by atoms with Crippen molar-refractivity contribution in [3.05, 3.63) is 34.5 Å². The molecule has 1 unspecified atom stereocenters. The van der Waals surface area contributed by atoms with Gasteiger partial charge in [0.15, 0.2) is 11.5 Å². The molecule has 1 N–H and O–H groups in total. The Kier molecular flexibility index (Phi) is 5.96. The summed E-state index contributed by atoms with van der Waals surface area (Å²) in [5.41, 5.74) is 1.65. The Morgan fingerprint density at radius 3 is 2.83 bits per heavy atom. The molecule has 4 rings (SSSR count). The number of ether oxygens (including phenoxy) is 3. The summed E-state index contributed by atoms with van der Waals surface area (Å²) in [6.07, 6.45) is 5.41. The largest absolute Gasteiger partial charge is 0.493 e. The van der Waals surface area contributed by atoms with Gasteiger partial charge in [0.25, 0.3) is 0 Å². The third kappa shape index (κ3) is 4.29. The molecule has 0 radical (unpaired) electrons. The van der Waals surface area contributed by atoms with Crippen molar-refractivity contribution in [2.24, 2.45) is 0 Å². The van der Waals surface area contributed by atoms with Crippen LogP contribution in [0.5, 0.6) is 11.5 Å². The van der Waals surface area contributed by atoms with Gasteiger partial charge in [0.2, 0.25) is 16.9 Å². The van der Waals surface area contributed by atoms with Crippen LogP contribution < -0.4 is 14.8 Å². The summed E-state index contributed by atoms with van der Waals surface area (Å²) in [5.74, 6) is 0.605. The summed E-state index contributed by atoms with van der Waals surface area (Å²) < 4.78 is 16.2. The molecule has 2 amide bonds. The molecule has 0 saturated carbocycles. The maximum atomic E-state index is 12.7. The Labute approximate surface area is 177 Å². The molecule has 30 heavy (non-hydrogen) atoms. The number of hydrogen-bond acceptors (Lipinski definition) is 8. The Morgan fingerprint density at radius 2 is 2.10 bits per heavy atom. The van der Waals surface area contributed by atoms with E-state index in [0.717, 1.165) is 35.6 Å². The van der Waals surface area contributed by atoms with Crippen molar-refractivity contribution in [1.82, 2.24) is 15.1 Å². The molecular weight excluding hydrogens is 408 g/mol. The Hall–Kier alpha value is -2.98. The molecule has 1 fully saturated rings. The van der Waals surface area contributed by atoms with Gasteiger partial charge in [-0.25, -0.2) is 0 Å². The molecule has 1 aromatic carbocycles. The number of benzene rings is 1. The Bertz CT molecular complexity index is 984. The zero-order valence-electron chi connectivity index (χ0n) is 16.7. The lowest BCUT2D eigenvalue weighted by Gasteiger charge is -2.16. The smallest absolute Gasteiger partial charge is 0.246 e. The summed E-state index contributed by atoms with van der Waals surface area (Å²) in [4.78, 5) is 26.5. The minimum Gasteiger partial charge on any atom is -0.493 e. The van der Waals surface area contributed by atoms with Crippen molar-refractivity contribution in [2.45, 2.75) is 25.4 Å². The first-order valence-corrected chi connectivity index (χ1v) is 10.4. The van der Waals surface area contributed by atoms with Gasteiger partial charge in [0, 0.05) is 12.8 Å². The van der Waals surface area contributed by atoms with E-state index in [1.54, 1.807) is 32.6 Å². The van der Waals surface area contributed by atoms with Gasteiger partial charge < -0.3 is 19.1 Å². The first-order valence-electron chi connectivity index (χ1n) is 9.55. The van der Waals surface area contributed by atoms with E-state index >= 15 is 0 Å².